The van der Waals surface area contributed by atoms with E-state index < -0.39 is 0 Å². The lowest BCUT2D eigenvalue weighted by molar-refractivity contribution is 1.07. The molecule has 0 spiro atoms. The van der Waals surface area contributed by atoms with Crippen LogP contribution in [0.25, 0.3) is 0 Å². The van der Waals surface area contributed by atoms with Crippen LogP contribution in [0.1, 0.15) is 29.9 Å². The molecular formula is C15H16N2. The summed E-state index contributed by atoms with van der Waals surface area (Å²) in [6, 6.07) is 14.7. The first kappa shape index (κ1) is 10.3. The lowest BCUT2D eigenvalue weighted by Crippen LogP contribution is -2.01. The van der Waals surface area contributed by atoms with Crippen molar-refractivity contribution in [2.24, 2.45) is 0 Å². The summed E-state index contributed by atoms with van der Waals surface area (Å²) in [6.07, 6.45) is 4.67. The third-order valence-electron chi connectivity index (χ3n) is 3.15. The summed E-state index contributed by atoms with van der Waals surface area (Å²) in [5.74, 6) is 1.74. The average molecular weight is 224 g/mol. The Labute approximate surface area is 102 Å². The number of nitrogens with one attached hydrogen (secondary N) is 1. The van der Waals surface area contributed by atoms with Crippen molar-refractivity contribution in [1.82, 2.24) is 4.98 Å². The van der Waals surface area contributed by atoms with Gasteiger partial charge in [0.1, 0.15) is 5.82 Å². The first-order valence-electron chi connectivity index (χ1n) is 6.15. The Morgan fingerprint density at radius 2 is 1.88 bits per heavy atom. The maximum atomic E-state index is 4.44. The molecule has 1 saturated carbocycles. The highest BCUT2D eigenvalue weighted by atomic mass is 15.0. The molecule has 0 saturated heterocycles. The molecule has 0 amide bonds. The van der Waals surface area contributed by atoms with Gasteiger partial charge >= 0.3 is 0 Å². The normalized spacial score (nSPS) is 14.6. The smallest absolute Gasteiger partial charge is 0.126 e. The molecule has 2 heteroatoms. The van der Waals surface area contributed by atoms with E-state index in [0.29, 0.717) is 0 Å². The lowest BCUT2D eigenvalue weighted by atomic mass is 10.2. The fraction of sp³-hybridized carbons (Fsp3) is 0.267. The Bertz CT molecular complexity index is 472. The van der Waals surface area contributed by atoms with Crippen LogP contribution in [0.2, 0.25) is 0 Å². The van der Waals surface area contributed by atoms with E-state index in [0.717, 1.165) is 18.3 Å². The van der Waals surface area contributed by atoms with Crippen molar-refractivity contribution in [2.45, 2.75) is 25.3 Å². The predicted molar refractivity (Wildman–Crippen MR) is 70.0 cm³/mol. The summed E-state index contributed by atoms with van der Waals surface area (Å²) >= 11 is 0. The standard InChI is InChI=1S/C15H16N2/c1-2-4-12(5-3-1)10-16-15-9-8-14(11-17-15)13-6-7-13/h1-5,8-9,11,13H,6-7,10H2,(H,16,17). The Balaban J connectivity index is 1.61. The van der Waals surface area contributed by atoms with Gasteiger partial charge in [-0.3, -0.25) is 0 Å². The number of hydrogen-bond donors (Lipinski definition) is 1. The summed E-state index contributed by atoms with van der Waals surface area (Å²) in [4.78, 5) is 4.44. The number of nitrogens with zero attached hydrogens (tertiary/aromatic N) is 1. The van der Waals surface area contributed by atoms with Gasteiger partial charge in [-0.25, -0.2) is 4.98 Å². The summed E-state index contributed by atoms with van der Waals surface area (Å²) in [6.45, 7) is 0.830. The van der Waals surface area contributed by atoms with E-state index in [1.165, 1.54) is 24.0 Å². The number of aromatic nitrogens is 1. The van der Waals surface area contributed by atoms with Gasteiger partial charge in [0.25, 0.3) is 0 Å². The largest absolute Gasteiger partial charge is 0.366 e. The van der Waals surface area contributed by atoms with Crippen molar-refractivity contribution >= 4 is 5.82 Å². The molecule has 0 radical (unpaired) electrons. The molecule has 1 heterocycles. The van der Waals surface area contributed by atoms with Crippen LogP contribution in [-0.4, -0.2) is 4.98 Å². The number of benzene rings is 1. The highest BCUT2D eigenvalue weighted by Crippen LogP contribution is 2.39. The molecule has 86 valence electrons. The van der Waals surface area contributed by atoms with E-state index in [2.05, 4.69) is 46.7 Å². The van der Waals surface area contributed by atoms with Crippen LogP contribution in [-0.2, 0) is 6.54 Å². The van der Waals surface area contributed by atoms with Gasteiger partial charge in [-0.1, -0.05) is 36.4 Å². The Morgan fingerprint density at radius 1 is 1.06 bits per heavy atom. The van der Waals surface area contributed by atoms with Crippen LogP contribution in [0, 0.1) is 0 Å². The van der Waals surface area contributed by atoms with Gasteiger partial charge in [-0.2, -0.15) is 0 Å². The van der Waals surface area contributed by atoms with Crippen molar-refractivity contribution < 1.29 is 0 Å². The minimum atomic E-state index is 0.783. The Hall–Kier alpha value is -1.83. The highest BCUT2D eigenvalue weighted by molar-refractivity contribution is 5.38. The number of hydrogen-bond acceptors (Lipinski definition) is 2. The van der Waals surface area contributed by atoms with Crippen molar-refractivity contribution in [3.63, 3.8) is 0 Å². The molecule has 1 aliphatic rings. The zero-order valence-corrected chi connectivity index (χ0v) is 9.76. The average Bonchev–Trinajstić information content (AvgIpc) is 3.23. The van der Waals surface area contributed by atoms with Crippen LogP contribution in [0.15, 0.2) is 48.7 Å². The van der Waals surface area contributed by atoms with Crippen LogP contribution >= 0.6 is 0 Å². The van der Waals surface area contributed by atoms with Crippen molar-refractivity contribution in [2.75, 3.05) is 5.32 Å². The van der Waals surface area contributed by atoms with Crippen LogP contribution in [0.4, 0.5) is 5.82 Å². The molecule has 17 heavy (non-hydrogen) atoms. The maximum Gasteiger partial charge on any atom is 0.126 e. The van der Waals surface area contributed by atoms with Crippen molar-refractivity contribution in [3.8, 4) is 0 Å². The zero-order chi connectivity index (χ0) is 11.5. The summed E-state index contributed by atoms with van der Waals surface area (Å²) in [7, 11) is 0. The molecule has 1 aromatic carbocycles. The molecule has 0 aliphatic heterocycles. The van der Waals surface area contributed by atoms with E-state index in [-0.39, 0.29) is 0 Å². The maximum absolute atomic E-state index is 4.44. The minimum absolute atomic E-state index is 0.783. The van der Waals surface area contributed by atoms with Crippen LogP contribution < -0.4 is 5.32 Å². The zero-order valence-electron chi connectivity index (χ0n) is 9.76. The fourth-order valence-electron chi connectivity index (χ4n) is 1.96. The lowest BCUT2D eigenvalue weighted by Gasteiger charge is -2.06. The first-order chi connectivity index (χ1) is 8.42. The molecule has 3 rings (SSSR count). The topological polar surface area (TPSA) is 24.9 Å². The molecule has 1 aliphatic carbocycles. The second-order valence-corrected chi connectivity index (χ2v) is 4.59. The van der Waals surface area contributed by atoms with Gasteiger partial charge in [0.2, 0.25) is 0 Å². The van der Waals surface area contributed by atoms with Gasteiger partial charge in [0, 0.05) is 12.7 Å². The van der Waals surface area contributed by atoms with Gasteiger partial charge in [-0.15, -0.1) is 0 Å². The summed E-state index contributed by atoms with van der Waals surface area (Å²) in [5.41, 5.74) is 2.66. The summed E-state index contributed by atoms with van der Waals surface area (Å²) < 4.78 is 0. The van der Waals surface area contributed by atoms with E-state index in [9.17, 15) is 0 Å². The SMILES string of the molecule is c1ccc(CNc2ccc(C3CC3)cn2)cc1. The van der Waals surface area contributed by atoms with Crippen molar-refractivity contribution in [3.05, 3.63) is 59.8 Å². The Kier molecular flexibility index (Phi) is 2.78. The molecule has 2 aromatic rings. The van der Waals surface area contributed by atoms with E-state index in [1.54, 1.807) is 0 Å². The molecule has 0 unspecified atom stereocenters. The highest BCUT2D eigenvalue weighted by Gasteiger charge is 2.23. The van der Waals surface area contributed by atoms with Crippen LogP contribution in [0.3, 0.4) is 0 Å². The van der Waals surface area contributed by atoms with Gasteiger partial charge in [-0.05, 0) is 36.0 Å². The quantitative estimate of drug-likeness (QED) is 0.858. The number of anilines is 1. The predicted octanol–water partition coefficient (Wildman–Crippen LogP) is 3.57. The second-order valence-electron chi connectivity index (χ2n) is 4.59. The first-order valence-corrected chi connectivity index (χ1v) is 6.15. The van der Waals surface area contributed by atoms with E-state index >= 15 is 0 Å². The van der Waals surface area contributed by atoms with Gasteiger partial charge in [0.05, 0.1) is 0 Å². The number of pyridine rings is 1. The minimum Gasteiger partial charge on any atom is -0.366 e. The van der Waals surface area contributed by atoms with Crippen LogP contribution in [0.5, 0.6) is 0 Å². The van der Waals surface area contributed by atoms with Gasteiger partial charge in [0.15, 0.2) is 0 Å². The molecule has 0 bridgehead atoms. The van der Waals surface area contributed by atoms with E-state index in [4.69, 9.17) is 0 Å². The van der Waals surface area contributed by atoms with Crippen molar-refractivity contribution in [1.29, 1.82) is 0 Å². The molecular weight excluding hydrogens is 208 g/mol. The third-order valence-corrected chi connectivity index (χ3v) is 3.15. The third kappa shape index (κ3) is 2.64. The van der Waals surface area contributed by atoms with Gasteiger partial charge < -0.3 is 5.32 Å². The summed E-state index contributed by atoms with van der Waals surface area (Å²) in [5, 5.41) is 3.34. The monoisotopic (exact) mass is 224 g/mol. The second kappa shape index (κ2) is 4.58. The van der Waals surface area contributed by atoms with E-state index in [1.807, 2.05) is 12.3 Å². The molecule has 1 fully saturated rings. The number of rotatable bonds is 4. The molecule has 0 atom stereocenters. The molecule has 1 aromatic heterocycles. The molecule has 2 nitrogen and oxygen atoms in total. The molecule has 1 N–H and O–H groups in total. The fourth-order valence-corrected chi connectivity index (χ4v) is 1.96. The Morgan fingerprint density at radius 3 is 2.53 bits per heavy atom.